The highest BCUT2D eigenvalue weighted by molar-refractivity contribution is 5.34. The lowest BCUT2D eigenvalue weighted by atomic mass is 10.2. The van der Waals surface area contributed by atoms with Crippen molar-refractivity contribution in [3.05, 3.63) is 59.2 Å². The maximum Gasteiger partial charge on any atom is 0.147 e. The van der Waals surface area contributed by atoms with Gasteiger partial charge in [0.2, 0.25) is 0 Å². The third-order valence-corrected chi connectivity index (χ3v) is 2.52. The summed E-state index contributed by atoms with van der Waals surface area (Å²) in [6.45, 7) is 2.01. The summed E-state index contributed by atoms with van der Waals surface area (Å²) in [5.41, 5.74) is 1.78. The molecule has 0 aliphatic rings. The number of pyridine rings is 1. The first-order valence-corrected chi connectivity index (χ1v) is 5.43. The summed E-state index contributed by atoms with van der Waals surface area (Å²) in [7, 11) is 0. The third-order valence-electron chi connectivity index (χ3n) is 2.52. The summed E-state index contributed by atoms with van der Waals surface area (Å²) >= 11 is 0. The second-order valence-corrected chi connectivity index (χ2v) is 3.82. The quantitative estimate of drug-likeness (QED) is 0.831. The Morgan fingerprint density at radius 2 is 2.22 bits per heavy atom. The van der Waals surface area contributed by atoms with Crippen molar-refractivity contribution in [2.75, 3.05) is 0 Å². The molecule has 3 nitrogen and oxygen atoms in total. The van der Waals surface area contributed by atoms with E-state index in [4.69, 9.17) is 10.00 Å². The molecular formula is C14H11FN2O. The van der Waals surface area contributed by atoms with E-state index in [2.05, 4.69) is 4.98 Å². The Hall–Kier alpha value is -2.41. The Morgan fingerprint density at radius 1 is 1.39 bits per heavy atom. The monoisotopic (exact) mass is 242 g/mol. The van der Waals surface area contributed by atoms with Crippen molar-refractivity contribution in [1.82, 2.24) is 4.98 Å². The zero-order valence-electron chi connectivity index (χ0n) is 9.85. The molecule has 0 saturated heterocycles. The van der Waals surface area contributed by atoms with E-state index in [1.165, 1.54) is 12.1 Å². The fourth-order valence-electron chi connectivity index (χ4n) is 1.59. The maximum atomic E-state index is 12.9. The minimum atomic E-state index is -0.293. The van der Waals surface area contributed by atoms with Gasteiger partial charge in [-0.25, -0.2) is 9.37 Å². The van der Waals surface area contributed by atoms with E-state index < -0.39 is 0 Å². The van der Waals surface area contributed by atoms with Crippen LogP contribution in [0.3, 0.4) is 0 Å². The van der Waals surface area contributed by atoms with Crippen molar-refractivity contribution in [1.29, 1.82) is 5.26 Å². The first-order valence-electron chi connectivity index (χ1n) is 5.43. The van der Waals surface area contributed by atoms with E-state index in [0.717, 1.165) is 5.56 Å². The zero-order chi connectivity index (χ0) is 13.0. The fraction of sp³-hybridized carbons (Fsp3) is 0.143. The number of nitrogens with zero attached hydrogens (tertiary/aromatic N) is 2. The van der Waals surface area contributed by atoms with Crippen LogP contribution in [-0.2, 0) is 6.61 Å². The van der Waals surface area contributed by atoms with Crippen molar-refractivity contribution in [2.45, 2.75) is 13.5 Å². The molecule has 0 aliphatic heterocycles. The predicted octanol–water partition coefficient (Wildman–Crippen LogP) is 2.98. The van der Waals surface area contributed by atoms with Crippen molar-refractivity contribution < 1.29 is 9.13 Å². The number of rotatable bonds is 3. The van der Waals surface area contributed by atoms with Crippen LogP contribution in [0.2, 0.25) is 0 Å². The van der Waals surface area contributed by atoms with Crippen LogP contribution in [0.25, 0.3) is 0 Å². The van der Waals surface area contributed by atoms with Gasteiger partial charge < -0.3 is 4.74 Å². The molecule has 0 unspecified atom stereocenters. The molecule has 1 heterocycles. The molecule has 4 heteroatoms. The molecule has 2 aromatic rings. The molecule has 0 N–H and O–H groups in total. The largest absolute Gasteiger partial charge is 0.489 e. The molecule has 1 aromatic heterocycles. The summed E-state index contributed by atoms with van der Waals surface area (Å²) in [4.78, 5) is 3.94. The van der Waals surface area contributed by atoms with Gasteiger partial charge in [-0.3, -0.25) is 0 Å². The maximum absolute atomic E-state index is 12.9. The first kappa shape index (κ1) is 12.1. The average molecular weight is 242 g/mol. The molecule has 2 rings (SSSR count). The van der Waals surface area contributed by atoms with Crippen LogP contribution in [0.1, 0.15) is 16.8 Å². The Kier molecular flexibility index (Phi) is 3.54. The molecule has 0 fully saturated rings. The van der Waals surface area contributed by atoms with E-state index in [1.807, 2.05) is 6.07 Å². The fourth-order valence-corrected chi connectivity index (χ4v) is 1.59. The van der Waals surface area contributed by atoms with Crippen LogP contribution in [0, 0.1) is 24.1 Å². The van der Waals surface area contributed by atoms with Crippen LogP contribution in [-0.4, -0.2) is 4.98 Å². The highest BCUT2D eigenvalue weighted by Gasteiger charge is 2.05. The number of hydrogen-bond acceptors (Lipinski definition) is 3. The SMILES string of the molecule is Cc1cc(F)ccc1OCc1cccnc1C#N. The number of aryl methyl sites for hydroxylation is 1. The molecule has 0 aliphatic carbocycles. The molecule has 90 valence electrons. The van der Waals surface area contributed by atoms with E-state index in [0.29, 0.717) is 17.0 Å². The summed E-state index contributed by atoms with van der Waals surface area (Å²) in [6.07, 6.45) is 1.56. The molecule has 0 amide bonds. The lowest BCUT2D eigenvalue weighted by molar-refractivity contribution is 0.302. The van der Waals surface area contributed by atoms with E-state index in [1.54, 1.807) is 31.3 Å². The Morgan fingerprint density at radius 3 is 2.94 bits per heavy atom. The number of halogens is 1. The second kappa shape index (κ2) is 5.28. The van der Waals surface area contributed by atoms with Gasteiger partial charge in [0.15, 0.2) is 0 Å². The highest BCUT2D eigenvalue weighted by Crippen LogP contribution is 2.20. The lowest BCUT2D eigenvalue weighted by Crippen LogP contribution is -2.01. The summed E-state index contributed by atoms with van der Waals surface area (Å²) < 4.78 is 18.5. The number of ether oxygens (including phenoxy) is 1. The smallest absolute Gasteiger partial charge is 0.147 e. The topological polar surface area (TPSA) is 45.9 Å². The van der Waals surface area contributed by atoms with Crippen LogP contribution >= 0.6 is 0 Å². The van der Waals surface area contributed by atoms with Crippen LogP contribution < -0.4 is 4.74 Å². The highest BCUT2D eigenvalue weighted by atomic mass is 19.1. The summed E-state index contributed by atoms with van der Waals surface area (Å²) in [5, 5.41) is 8.89. The minimum absolute atomic E-state index is 0.239. The van der Waals surface area contributed by atoms with Crippen molar-refractivity contribution in [2.24, 2.45) is 0 Å². The number of nitriles is 1. The molecule has 1 aromatic carbocycles. The van der Waals surface area contributed by atoms with Gasteiger partial charge in [-0.2, -0.15) is 5.26 Å². The first-order chi connectivity index (χ1) is 8.70. The summed E-state index contributed by atoms with van der Waals surface area (Å²) in [6, 6.07) is 9.86. The van der Waals surface area contributed by atoms with Gasteiger partial charge in [-0.1, -0.05) is 6.07 Å². The molecule has 0 spiro atoms. The summed E-state index contributed by atoms with van der Waals surface area (Å²) in [5.74, 6) is 0.308. The van der Waals surface area contributed by atoms with Gasteiger partial charge in [0, 0.05) is 11.8 Å². The van der Waals surface area contributed by atoms with Gasteiger partial charge in [0.25, 0.3) is 0 Å². The van der Waals surface area contributed by atoms with Crippen molar-refractivity contribution >= 4 is 0 Å². The van der Waals surface area contributed by atoms with Crippen molar-refractivity contribution in [3.8, 4) is 11.8 Å². The van der Waals surface area contributed by atoms with Gasteiger partial charge in [-0.05, 0) is 36.8 Å². The van der Waals surface area contributed by atoms with Gasteiger partial charge in [-0.15, -0.1) is 0 Å². The molecular weight excluding hydrogens is 231 g/mol. The lowest BCUT2D eigenvalue weighted by Gasteiger charge is -2.09. The third kappa shape index (κ3) is 2.64. The second-order valence-electron chi connectivity index (χ2n) is 3.82. The standard InChI is InChI=1S/C14H11FN2O/c1-10-7-12(15)4-5-14(10)18-9-11-3-2-6-17-13(11)8-16/h2-7H,9H2,1H3. The van der Waals surface area contributed by atoms with E-state index in [9.17, 15) is 4.39 Å². The van der Waals surface area contributed by atoms with Crippen molar-refractivity contribution in [3.63, 3.8) is 0 Å². The van der Waals surface area contributed by atoms with Crippen LogP contribution in [0.5, 0.6) is 5.75 Å². The molecule has 0 radical (unpaired) electrons. The van der Waals surface area contributed by atoms with Crippen LogP contribution in [0.15, 0.2) is 36.5 Å². The Balaban J connectivity index is 2.14. The average Bonchev–Trinajstić information content (AvgIpc) is 2.38. The normalized spacial score (nSPS) is 9.83. The molecule has 0 bridgehead atoms. The van der Waals surface area contributed by atoms with E-state index in [-0.39, 0.29) is 12.4 Å². The Bertz CT molecular complexity index is 605. The van der Waals surface area contributed by atoms with Gasteiger partial charge in [0.1, 0.15) is 29.9 Å². The van der Waals surface area contributed by atoms with Gasteiger partial charge in [0.05, 0.1) is 0 Å². The zero-order valence-corrected chi connectivity index (χ0v) is 9.85. The number of benzene rings is 1. The molecule has 18 heavy (non-hydrogen) atoms. The Labute approximate surface area is 104 Å². The molecule has 0 atom stereocenters. The minimum Gasteiger partial charge on any atom is -0.489 e. The van der Waals surface area contributed by atoms with Crippen LogP contribution in [0.4, 0.5) is 4.39 Å². The molecule has 0 saturated carbocycles. The van der Waals surface area contributed by atoms with Gasteiger partial charge >= 0.3 is 0 Å². The number of hydrogen-bond donors (Lipinski definition) is 0. The van der Waals surface area contributed by atoms with E-state index >= 15 is 0 Å². The predicted molar refractivity (Wildman–Crippen MR) is 64.4 cm³/mol. The number of aromatic nitrogens is 1.